The normalized spacial score (nSPS) is 14.3. The van der Waals surface area contributed by atoms with E-state index in [1.807, 2.05) is 0 Å². The molecule has 1 N–H and O–H groups in total. The average Bonchev–Trinajstić information content (AvgIpc) is 2.92. The second kappa shape index (κ2) is 7.29. The van der Waals surface area contributed by atoms with E-state index >= 15 is 0 Å². The summed E-state index contributed by atoms with van der Waals surface area (Å²) in [6.07, 6.45) is -5.27. The standard InChI is InChI=1S/C14H13ClF3N2O4P/c1-2-24-25(22,23)8-12(21)11-7-19-20(13(11)14(16,17)18)10-5-3-9(15)4-6-10/h3-7H,2,8H2,1H3,(H,22,23). The third-order valence-electron chi connectivity index (χ3n) is 3.08. The second-order valence-electron chi connectivity index (χ2n) is 4.93. The van der Waals surface area contributed by atoms with Crippen LogP contribution >= 0.6 is 19.2 Å². The highest BCUT2D eigenvalue weighted by Gasteiger charge is 2.41. The maximum atomic E-state index is 13.4. The van der Waals surface area contributed by atoms with Crippen molar-refractivity contribution in [2.45, 2.75) is 13.1 Å². The van der Waals surface area contributed by atoms with Gasteiger partial charge in [-0.05, 0) is 31.2 Å². The molecule has 0 bridgehead atoms. The first-order valence-corrected chi connectivity index (χ1v) is 9.10. The minimum atomic E-state index is -4.91. The number of rotatable bonds is 6. The van der Waals surface area contributed by atoms with Gasteiger partial charge >= 0.3 is 13.8 Å². The van der Waals surface area contributed by atoms with Crippen molar-refractivity contribution in [1.29, 1.82) is 0 Å². The number of benzene rings is 1. The van der Waals surface area contributed by atoms with Crippen LogP contribution in [-0.4, -0.2) is 33.2 Å². The van der Waals surface area contributed by atoms with Crippen molar-refractivity contribution >= 4 is 25.0 Å². The monoisotopic (exact) mass is 396 g/mol. The summed E-state index contributed by atoms with van der Waals surface area (Å²) >= 11 is 5.71. The van der Waals surface area contributed by atoms with Crippen LogP contribution in [0.4, 0.5) is 13.2 Å². The fourth-order valence-corrected chi connectivity index (χ4v) is 3.27. The third-order valence-corrected chi connectivity index (χ3v) is 4.68. The van der Waals surface area contributed by atoms with E-state index in [1.165, 1.54) is 31.2 Å². The van der Waals surface area contributed by atoms with Crippen LogP contribution in [-0.2, 0) is 15.3 Å². The quantitative estimate of drug-likeness (QED) is 0.590. The molecule has 0 saturated carbocycles. The maximum Gasteiger partial charge on any atom is 0.434 e. The first kappa shape index (κ1) is 19.7. The summed E-state index contributed by atoms with van der Waals surface area (Å²) in [6, 6.07) is 5.35. The maximum absolute atomic E-state index is 13.4. The molecule has 1 aromatic carbocycles. The smallest absolute Gasteiger partial charge is 0.324 e. The van der Waals surface area contributed by atoms with Crippen molar-refractivity contribution in [1.82, 2.24) is 9.78 Å². The summed E-state index contributed by atoms with van der Waals surface area (Å²) in [7, 11) is -4.33. The zero-order chi connectivity index (χ0) is 18.8. The Balaban J connectivity index is 2.48. The Hall–Kier alpha value is -1.67. The molecule has 1 atom stereocenters. The van der Waals surface area contributed by atoms with Gasteiger partial charge in [-0.1, -0.05) is 11.6 Å². The number of ketones is 1. The molecule has 1 heterocycles. The fraction of sp³-hybridized carbons (Fsp3) is 0.286. The van der Waals surface area contributed by atoms with Gasteiger partial charge < -0.3 is 9.42 Å². The topological polar surface area (TPSA) is 81.4 Å². The zero-order valence-electron chi connectivity index (χ0n) is 12.8. The van der Waals surface area contributed by atoms with Gasteiger partial charge in [0.05, 0.1) is 24.1 Å². The van der Waals surface area contributed by atoms with Gasteiger partial charge in [-0.3, -0.25) is 9.36 Å². The lowest BCUT2D eigenvalue weighted by molar-refractivity contribution is -0.143. The highest BCUT2D eigenvalue weighted by atomic mass is 35.5. The molecule has 2 rings (SSSR count). The summed E-state index contributed by atoms with van der Waals surface area (Å²) in [4.78, 5) is 21.6. The largest absolute Gasteiger partial charge is 0.434 e. The van der Waals surface area contributed by atoms with Gasteiger partial charge in [-0.15, -0.1) is 0 Å². The molecular weight excluding hydrogens is 384 g/mol. The molecule has 0 amide bonds. The predicted octanol–water partition coefficient (Wildman–Crippen LogP) is 3.95. The molecule has 1 unspecified atom stereocenters. The van der Waals surface area contributed by atoms with Crippen molar-refractivity contribution in [3.8, 4) is 5.69 Å². The second-order valence-corrected chi connectivity index (χ2v) is 7.22. The number of halogens is 4. The van der Waals surface area contributed by atoms with Gasteiger partial charge in [0.1, 0.15) is 6.16 Å². The summed E-state index contributed by atoms with van der Waals surface area (Å²) in [5.41, 5.74) is -2.11. The van der Waals surface area contributed by atoms with E-state index < -0.39 is 37.0 Å². The Kier molecular flexibility index (Phi) is 5.73. The lowest BCUT2D eigenvalue weighted by Gasteiger charge is -2.13. The number of carbonyl (C=O) groups excluding carboxylic acids is 1. The SMILES string of the molecule is CCOP(=O)(O)CC(=O)c1cnn(-c2ccc(Cl)cc2)c1C(F)(F)F. The zero-order valence-corrected chi connectivity index (χ0v) is 14.5. The molecule has 6 nitrogen and oxygen atoms in total. The minimum absolute atomic E-state index is 0.0350. The van der Waals surface area contributed by atoms with Crippen molar-refractivity contribution in [2.75, 3.05) is 12.8 Å². The van der Waals surface area contributed by atoms with Crippen LogP contribution in [0.2, 0.25) is 5.02 Å². The Morgan fingerprint density at radius 3 is 2.48 bits per heavy atom. The van der Waals surface area contributed by atoms with Crippen LogP contribution in [0.25, 0.3) is 5.69 Å². The summed E-state index contributed by atoms with van der Waals surface area (Å²) in [6.45, 7) is 1.27. The third kappa shape index (κ3) is 4.70. The van der Waals surface area contributed by atoms with E-state index in [0.29, 0.717) is 15.9 Å². The number of carbonyl (C=O) groups is 1. The van der Waals surface area contributed by atoms with Crippen molar-refractivity contribution in [3.05, 3.63) is 46.7 Å². The molecule has 0 aliphatic heterocycles. The molecule has 2 aromatic rings. The number of aromatic nitrogens is 2. The first-order valence-electron chi connectivity index (χ1n) is 6.96. The number of hydrogen-bond acceptors (Lipinski definition) is 4. The molecule has 0 radical (unpaired) electrons. The van der Waals surface area contributed by atoms with E-state index in [2.05, 4.69) is 9.62 Å². The van der Waals surface area contributed by atoms with Crippen molar-refractivity contribution < 1.29 is 31.9 Å². The van der Waals surface area contributed by atoms with Gasteiger partial charge in [0.25, 0.3) is 0 Å². The number of hydrogen-bond donors (Lipinski definition) is 1. The van der Waals surface area contributed by atoms with Gasteiger partial charge in [-0.25, -0.2) is 4.68 Å². The lowest BCUT2D eigenvalue weighted by atomic mass is 10.1. The van der Waals surface area contributed by atoms with E-state index in [4.69, 9.17) is 11.6 Å². The van der Waals surface area contributed by atoms with Gasteiger partial charge in [0, 0.05) is 5.02 Å². The average molecular weight is 397 g/mol. The van der Waals surface area contributed by atoms with Crippen LogP contribution < -0.4 is 0 Å². The number of nitrogens with zero attached hydrogens (tertiary/aromatic N) is 2. The summed E-state index contributed by atoms with van der Waals surface area (Å²) < 4.78 is 57.1. The van der Waals surface area contributed by atoms with Crippen LogP contribution in [0.3, 0.4) is 0 Å². The fourth-order valence-electron chi connectivity index (χ4n) is 2.12. The van der Waals surface area contributed by atoms with E-state index in [0.717, 1.165) is 0 Å². The highest BCUT2D eigenvalue weighted by Crippen LogP contribution is 2.43. The molecule has 25 heavy (non-hydrogen) atoms. The molecule has 0 saturated heterocycles. The molecule has 0 fully saturated rings. The summed E-state index contributed by atoms with van der Waals surface area (Å²) in [5, 5.41) is 3.92. The van der Waals surface area contributed by atoms with E-state index in [1.54, 1.807) is 0 Å². The molecule has 0 aliphatic carbocycles. The van der Waals surface area contributed by atoms with Crippen molar-refractivity contribution in [2.24, 2.45) is 0 Å². The molecule has 136 valence electrons. The Morgan fingerprint density at radius 1 is 1.36 bits per heavy atom. The molecule has 0 aliphatic rings. The van der Waals surface area contributed by atoms with Crippen LogP contribution in [0.5, 0.6) is 0 Å². The highest BCUT2D eigenvalue weighted by molar-refractivity contribution is 7.53. The van der Waals surface area contributed by atoms with Gasteiger partial charge in [-0.2, -0.15) is 18.3 Å². The predicted molar refractivity (Wildman–Crippen MR) is 84.2 cm³/mol. The first-order chi connectivity index (χ1) is 11.5. The van der Waals surface area contributed by atoms with Crippen LogP contribution in [0, 0.1) is 0 Å². The number of alkyl halides is 3. The van der Waals surface area contributed by atoms with Crippen molar-refractivity contribution in [3.63, 3.8) is 0 Å². The summed E-state index contributed by atoms with van der Waals surface area (Å²) in [5.74, 6) is -1.19. The Bertz CT molecular complexity index is 820. The van der Waals surface area contributed by atoms with Gasteiger partial charge in [0.2, 0.25) is 0 Å². The van der Waals surface area contributed by atoms with Gasteiger partial charge in [0.15, 0.2) is 11.5 Å². The lowest BCUT2D eigenvalue weighted by Crippen LogP contribution is -2.19. The van der Waals surface area contributed by atoms with E-state index in [9.17, 15) is 27.4 Å². The van der Waals surface area contributed by atoms with Crippen LogP contribution in [0.15, 0.2) is 30.5 Å². The Labute approximate surface area is 145 Å². The number of Topliss-reactive ketones (excluding diaryl/α,β-unsaturated/α-hetero) is 1. The minimum Gasteiger partial charge on any atom is -0.324 e. The molecule has 0 spiro atoms. The molecular formula is C14H13ClF3N2O4P. The molecule has 1 aromatic heterocycles. The van der Waals surface area contributed by atoms with E-state index in [-0.39, 0.29) is 12.3 Å². The molecule has 11 heteroatoms. The Morgan fingerprint density at radius 2 is 1.96 bits per heavy atom. The van der Waals surface area contributed by atoms with Crippen LogP contribution in [0.1, 0.15) is 23.0 Å².